The smallest absolute Gasteiger partial charge is 0.239 e. The number of nitrogens with zero attached hydrogens (tertiary/aromatic N) is 1. The average molecular weight is 504 g/mol. The van der Waals surface area contributed by atoms with Crippen LogP contribution in [-0.2, 0) is 16.1 Å². The standard InChI is InChI=1S/C29H30ClN3O3/c1-18-8-13-25(36-18)28-27-22(14-29(2,3)15-24(27)34)32-21-6-4-5-7-23(21)33(28)17-26(35)31-16-19-9-11-20(30)12-10-19/h4-13,28,32H,14-17H2,1-3H3,(H,31,35). The Hall–Kier alpha value is -3.51. The second-order valence-electron chi connectivity index (χ2n) is 10.4. The quantitative estimate of drug-likeness (QED) is 0.435. The van der Waals surface area contributed by atoms with E-state index in [2.05, 4.69) is 24.5 Å². The van der Waals surface area contributed by atoms with Crippen molar-refractivity contribution in [3.05, 3.63) is 94.0 Å². The van der Waals surface area contributed by atoms with E-state index < -0.39 is 6.04 Å². The fourth-order valence-electron chi connectivity index (χ4n) is 5.14. The summed E-state index contributed by atoms with van der Waals surface area (Å²) in [6.07, 6.45) is 1.17. The summed E-state index contributed by atoms with van der Waals surface area (Å²) in [6, 6.07) is 18.5. The molecule has 0 saturated heterocycles. The number of carbonyl (C=O) groups is 2. The van der Waals surface area contributed by atoms with Gasteiger partial charge in [0.1, 0.15) is 17.6 Å². The Labute approximate surface area is 216 Å². The minimum Gasteiger partial charge on any atom is -0.464 e. The van der Waals surface area contributed by atoms with Crippen LogP contribution >= 0.6 is 11.6 Å². The number of furan rings is 1. The fourth-order valence-corrected chi connectivity index (χ4v) is 5.26. The number of anilines is 2. The van der Waals surface area contributed by atoms with Gasteiger partial charge in [-0.25, -0.2) is 0 Å². The molecule has 1 unspecified atom stereocenters. The molecule has 1 amide bonds. The van der Waals surface area contributed by atoms with E-state index in [9.17, 15) is 9.59 Å². The molecular weight excluding hydrogens is 474 g/mol. The van der Waals surface area contributed by atoms with Gasteiger partial charge in [-0.3, -0.25) is 9.59 Å². The largest absolute Gasteiger partial charge is 0.464 e. The predicted octanol–water partition coefficient (Wildman–Crippen LogP) is 6.17. The summed E-state index contributed by atoms with van der Waals surface area (Å²) in [6.45, 7) is 6.55. The van der Waals surface area contributed by atoms with E-state index in [1.54, 1.807) is 12.1 Å². The van der Waals surface area contributed by atoms with Crippen LogP contribution in [0.25, 0.3) is 0 Å². The number of hydrogen-bond acceptors (Lipinski definition) is 5. The molecule has 2 heterocycles. The number of halogens is 1. The monoisotopic (exact) mass is 503 g/mol. The zero-order chi connectivity index (χ0) is 25.4. The van der Waals surface area contributed by atoms with Crippen LogP contribution in [0.3, 0.4) is 0 Å². The van der Waals surface area contributed by atoms with Crippen molar-refractivity contribution in [1.82, 2.24) is 5.32 Å². The van der Waals surface area contributed by atoms with Gasteiger partial charge in [0.05, 0.1) is 17.9 Å². The van der Waals surface area contributed by atoms with Gasteiger partial charge in [-0.2, -0.15) is 0 Å². The number of rotatable bonds is 5. The zero-order valence-electron chi connectivity index (χ0n) is 20.7. The lowest BCUT2D eigenvalue weighted by molar-refractivity contribution is -0.121. The number of ketones is 1. The topological polar surface area (TPSA) is 74.6 Å². The van der Waals surface area contributed by atoms with E-state index in [1.807, 2.05) is 60.4 Å². The molecule has 5 rings (SSSR count). The van der Waals surface area contributed by atoms with Gasteiger partial charge in [0.2, 0.25) is 5.91 Å². The van der Waals surface area contributed by atoms with Gasteiger partial charge in [-0.1, -0.05) is 49.7 Å². The Morgan fingerprint density at radius 1 is 1.11 bits per heavy atom. The number of fused-ring (bicyclic) bond motifs is 1. The molecule has 0 fully saturated rings. The molecule has 2 aromatic carbocycles. The van der Waals surface area contributed by atoms with Crippen LogP contribution in [0.4, 0.5) is 11.4 Å². The second kappa shape index (κ2) is 9.51. The highest BCUT2D eigenvalue weighted by molar-refractivity contribution is 6.30. The third-order valence-corrected chi connectivity index (χ3v) is 7.00. The maximum atomic E-state index is 13.6. The normalized spacial score (nSPS) is 18.7. The highest BCUT2D eigenvalue weighted by Gasteiger charge is 2.43. The zero-order valence-corrected chi connectivity index (χ0v) is 21.5. The first kappa shape index (κ1) is 24.2. The first-order valence-corrected chi connectivity index (χ1v) is 12.5. The van der Waals surface area contributed by atoms with Crippen molar-refractivity contribution in [2.45, 2.75) is 46.2 Å². The van der Waals surface area contributed by atoms with Crippen LogP contribution < -0.4 is 15.5 Å². The summed E-state index contributed by atoms with van der Waals surface area (Å²) in [5.74, 6) is 1.33. The van der Waals surface area contributed by atoms with E-state index in [-0.39, 0.29) is 23.7 Å². The maximum Gasteiger partial charge on any atom is 0.239 e. The van der Waals surface area contributed by atoms with Crippen molar-refractivity contribution in [2.75, 3.05) is 16.8 Å². The molecule has 0 spiro atoms. The van der Waals surface area contributed by atoms with Crippen LogP contribution in [0.1, 0.15) is 49.8 Å². The molecule has 2 aliphatic rings. The minimum atomic E-state index is -0.519. The number of nitrogens with one attached hydrogen (secondary N) is 2. The van der Waals surface area contributed by atoms with Crippen molar-refractivity contribution in [2.24, 2.45) is 5.41 Å². The van der Waals surface area contributed by atoms with E-state index in [0.29, 0.717) is 29.3 Å². The molecule has 0 saturated carbocycles. The number of hydrogen-bond donors (Lipinski definition) is 2. The third kappa shape index (κ3) is 4.91. The highest BCUT2D eigenvalue weighted by Crippen LogP contribution is 2.48. The Kier molecular flexibility index (Phi) is 6.39. The number of Topliss-reactive ketones (excluding diaryl/α,β-unsaturated/α-hetero) is 1. The van der Waals surface area contributed by atoms with Crippen molar-refractivity contribution in [3.8, 4) is 0 Å². The number of amides is 1. The summed E-state index contributed by atoms with van der Waals surface area (Å²) in [5, 5.41) is 7.22. The molecule has 0 radical (unpaired) electrons. The van der Waals surface area contributed by atoms with Crippen molar-refractivity contribution in [3.63, 3.8) is 0 Å². The molecule has 7 heteroatoms. The first-order valence-electron chi connectivity index (χ1n) is 12.2. The minimum absolute atomic E-state index is 0.0597. The Morgan fingerprint density at radius 3 is 2.58 bits per heavy atom. The summed E-state index contributed by atoms with van der Waals surface area (Å²) in [4.78, 5) is 28.9. The van der Waals surface area contributed by atoms with Crippen LogP contribution in [-0.4, -0.2) is 18.2 Å². The summed E-state index contributed by atoms with van der Waals surface area (Å²) >= 11 is 5.99. The molecule has 3 aromatic rings. The Bertz CT molecular complexity index is 1340. The molecular formula is C29H30ClN3O3. The predicted molar refractivity (Wildman–Crippen MR) is 142 cm³/mol. The Morgan fingerprint density at radius 2 is 1.86 bits per heavy atom. The number of para-hydroxylation sites is 2. The number of benzene rings is 2. The van der Waals surface area contributed by atoms with Crippen LogP contribution in [0.15, 0.2) is 76.4 Å². The SMILES string of the molecule is Cc1ccc(C2C3=C(CC(C)(C)CC3=O)Nc3ccccc3N2CC(=O)NCc2ccc(Cl)cc2)o1. The maximum absolute atomic E-state index is 13.6. The summed E-state index contributed by atoms with van der Waals surface area (Å²) in [5.41, 5.74) is 4.08. The van der Waals surface area contributed by atoms with E-state index in [4.69, 9.17) is 16.0 Å². The lowest BCUT2D eigenvalue weighted by Gasteiger charge is -2.36. The lowest BCUT2D eigenvalue weighted by atomic mass is 9.74. The molecule has 186 valence electrons. The van der Waals surface area contributed by atoms with Crippen molar-refractivity contribution in [1.29, 1.82) is 0 Å². The van der Waals surface area contributed by atoms with Gasteiger partial charge in [-0.15, -0.1) is 0 Å². The summed E-state index contributed by atoms with van der Waals surface area (Å²) < 4.78 is 6.10. The molecule has 1 aromatic heterocycles. The molecule has 1 aliphatic carbocycles. The Balaban J connectivity index is 1.54. The van der Waals surface area contributed by atoms with Gasteiger partial charge >= 0.3 is 0 Å². The van der Waals surface area contributed by atoms with Crippen molar-refractivity contribution >= 4 is 34.7 Å². The molecule has 2 N–H and O–H groups in total. The van der Waals surface area contributed by atoms with Gasteiger partial charge in [0.25, 0.3) is 0 Å². The first-order chi connectivity index (χ1) is 17.2. The van der Waals surface area contributed by atoms with Gasteiger partial charge < -0.3 is 20.0 Å². The number of allylic oxidation sites excluding steroid dienone is 1. The molecule has 36 heavy (non-hydrogen) atoms. The van der Waals surface area contributed by atoms with E-state index in [1.165, 1.54) is 0 Å². The van der Waals surface area contributed by atoms with Gasteiger partial charge in [0, 0.05) is 29.3 Å². The van der Waals surface area contributed by atoms with Gasteiger partial charge in [0.15, 0.2) is 5.78 Å². The fraction of sp³-hybridized carbons (Fsp3) is 0.310. The van der Waals surface area contributed by atoms with E-state index in [0.717, 1.165) is 34.8 Å². The van der Waals surface area contributed by atoms with Gasteiger partial charge in [-0.05, 0) is 60.7 Å². The average Bonchev–Trinajstić information content (AvgIpc) is 3.20. The third-order valence-electron chi connectivity index (χ3n) is 6.75. The van der Waals surface area contributed by atoms with Crippen LogP contribution in [0.5, 0.6) is 0 Å². The van der Waals surface area contributed by atoms with Crippen LogP contribution in [0.2, 0.25) is 5.02 Å². The number of aryl methyl sites for hydroxylation is 1. The van der Waals surface area contributed by atoms with E-state index >= 15 is 0 Å². The highest BCUT2D eigenvalue weighted by atomic mass is 35.5. The molecule has 1 atom stereocenters. The van der Waals surface area contributed by atoms with Crippen molar-refractivity contribution < 1.29 is 14.0 Å². The second-order valence-corrected chi connectivity index (χ2v) is 10.8. The molecule has 0 bridgehead atoms. The van der Waals surface area contributed by atoms with Crippen LogP contribution in [0, 0.1) is 12.3 Å². The number of carbonyl (C=O) groups excluding carboxylic acids is 2. The lowest BCUT2D eigenvalue weighted by Crippen LogP contribution is -2.41. The molecule has 1 aliphatic heterocycles. The molecule has 6 nitrogen and oxygen atoms in total. The summed E-state index contributed by atoms with van der Waals surface area (Å²) in [7, 11) is 0.